The molecule has 3 aromatic rings. The van der Waals surface area contributed by atoms with Gasteiger partial charge >= 0.3 is 0 Å². The fraction of sp³-hybridized carbons (Fsp3) is 0.409. The summed E-state index contributed by atoms with van der Waals surface area (Å²) in [5.74, 6) is 0.0957. The molecule has 1 aromatic heterocycles. The summed E-state index contributed by atoms with van der Waals surface area (Å²) in [6, 6.07) is 14.9. The van der Waals surface area contributed by atoms with Crippen LogP contribution in [0.2, 0.25) is 0 Å². The monoisotopic (exact) mass is 413 g/mol. The van der Waals surface area contributed by atoms with Crippen molar-refractivity contribution in [2.24, 2.45) is 0 Å². The van der Waals surface area contributed by atoms with E-state index in [0.29, 0.717) is 11.6 Å². The van der Waals surface area contributed by atoms with Crippen molar-refractivity contribution >= 4 is 29.3 Å². The molecule has 7 heteroatoms. The SMILES string of the molecule is Cc1cc(C(=O)N2CCC(N(C)CCc3ccccc3)CC2)cc2n[nH]nc12.Cl. The van der Waals surface area contributed by atoms with Crippen molar-refractivity contribution in [3.63, 3.8) is 0 Å². The molecule has 1 aliphatic rings. The van der Waals surface area contributed by atoms with E-state index >= 15 is 0 Å². The summed E-state index contributed by atoms with van der Waals surface area (Å²) >= 11 is 0. The fourth-order valence-electron chi connectivity index (χ4n) is 4.07. The summed E-state index contributed by atoms with van der Waals surface area (Å²) in [7, 11) is 2.20. The molecule has 154 valence electrons. The molecule has 2 heterocycles. The number of hydrogen-bond donors (Lipinski definition) is 1. The highest BCUT2D eigenvalue weighted by Crippen LogP contribution is 2.21. The number of halogens is 1. The first-order chi connectivity index (χ1) is 13.6. The number of H-pyrrole nitrogens is 1. The Kier molecular flexibility index (Phi) is 6.87. The van der Waals surface area contributed by atoms with Crippen LogP contribution in [0, 0.1) is 6.92 Å². The van der Waals surface area contributed by atoms with E-state index in [1.165, 1.54) is 5.56 Å². The Morgan fingerprint density at radius 3 is 2.62 bits per heavy atom. The Hall–Kier alpha value is -2.44. The Labute approximate surface area is 177 Å². The van der Waals surface area contributed by atoms with Crippen LogP contribution in [0.1, 0.15) is 34.3 Å². The maximum atomic E-state index is 13.0. The van der Waals surface area contributed by atoms with E-state index < -0.39 is 0 Å². The van der Waals surface area contributed by atoms with E-state index in [1.54, 1.807) is 0 Å². The molecule has 0 spiro atoms. The summed E-state index contributed by atoms with van der Waals surface area (Å²) < 4.78 is 0. The summed E-state index contributed by atoms with van der Waals surface area (Å²) in [6.07, 6.45) is 3.10. The van der Waals surface area contributed by atoms with Gasteiger partial charge in [-0.3, -0.25) is 4.79 Å². The minimum Gasteiger partial charge on any atom is -0.339 e. The molecular formula is C22H28ClN5O. The molecule has 0 bridgehead atoms. The van der Waals surface area contributed by atoms with Crippen LogP contribution in [0.5, 0.6) is 0 Å². The van der Waals surface area contributed by atoms with Crippen LogP contribution in [0.25, 0.3) is 11.0 Å². The van der Waals surface area contributed by atoms with Crippen molar-refractivity contribution in [1.29, 1.82) is 0 Å². The van der Waals surface area contributed by atoms with Gasteiger partial charge in [-0.15, -0.1) is 12.4 Å². The summed E-state index contributed by atoms with van der Waals surface area (Å²) in [6.45, 7) is 4.62. The zero-order valence-corrected chi connectivity index (χ0v) is 17.8. The topological polar surface area (TPSA) is 65.1 Å². The van der Waals surface area contributed by atoms with E-state index in [4.69, 9.17) is 0 Å². The van der Waals surface area contributed by atoms with Gasteiger partial charge in [-0.2, -0.15) is 15.4 Å². The molecule has 29 heavy (non-hydrogen) atoms. The third-order valence-electron chi connectivity index (χ3n) is 5.83. The van der Waals surface area contributed by atoms with Crippen molar-refractivity contribution in [2.45, 2.75) is 32.2 Å². The van der Waals surface area contributed by atoms with Crippen LogP contribution in [0.3, 0.4) is 0 Å². The molecule has 1 amide bonds. The number of piperidine rings is 1. The maximum Gasteiger partial charge on any atom is 0.253 e. The van der Waals surface area contributed by atoms with Gasteiger partial charge in [-0.25, -0.2) is 0 Å². The number of amides is 1. The maximum absolute atomic E-state index is 13.0. The number of hydrogen-bond acceptors (Lipinski definition) is 4. The smallest absolute Gasteiger partial charge is 0.253 e. The van der Waals surface area contributed by atoms with Gasteiger partial charge in [0.2, 0.25) is 0 Å². The van der Waals surface area contributed by atoms with E-state index in [2.05, 4.69) is 57.7 Å². The lowest BCUT2D eigenvalue weighted by Gasteiger charge is -2.37. The van der Waals surface area contributed by atoms with Crippen LogP contribution in [-0.4, -0.2) is 63.8 Å². The molecule has 1 fully saturated rings. The molecule has 1 N–H and O–H groups in total. The van der Waals surface area contributed by atoms with Gasteiger partial charge in [0.05, 0.1) is 0 Å². The van der Waals surface area contributed by atoms with Crippen LogP contribution >= 0.6 is 12.4 Å². The minimum absolute atomic E-state index is 0. The van der Waals surface area contributed by atoms with E-state index in [-0.39, 0.29) is 18.3 Å². The second kappa shape index (κ2) is 9.37. The zero-order chi connectivity index (χ0) is 19.5. The van der Waals surface area contributed by atoms with Gasteiger partial charge in [-0.05, 0) is 56.5 Å². The number of fused-ring (bicyclic) bond motifs is 1. The molecule has 0 saturated carbocycles. The molecular weight excluding hydrogens is 386 g/mol. The molecule has 6 nitrogen and oxygen atoms in total. The van der Waals surface area contributed by atoms with Gasteiger partial charge in [-0.1, -0.05) is 30.3 Å². The number of carbonyl (C=O) groups excluding carboxylic acids is 1. The summed E-state index contributed by atoms with van der Waals surface area (Å²) in [5, 5.41) is 10.9. The first-order valence-corrected chi connectivity index (χ1v) is 9.96. The van der Waals surface area contributed by atoms with E-state index in [1.807, 2.05) is 24.0 Å². The lowest BCUT2D eigenvalue weighted by Crippen LogP contribution is -2.46. The first-order valence-electron chi connectivity index (χ1n) is 9.96. The Morgan fingerprint density at radius 2 is 1.90 bits per heavy atom. The number of likely N-dealkylation sites (tertiary alicyclic amines) is 1. The van der Waals surface area contributed by atoms with Crippen molar-refractivity contribution in [3.05, 3.63) is 59.2 Å². The Bertz CT molecular complexity index is 950. The van der Waals surface area contributed by atoms with Gasteiger partial charge in [0.1, 0.15) is 11.0 Å². The average Bonchev–Trinajstić information content (AvgIpc) is 3.22. The van der Waals surface area contributed by atoms with Crippen LogP contribution in [-0.2, 0) is 6.42 Å². The van der Waals surface area contributed by atoms with Crippen LogP contribution < -0.4 is 0 Å². The normalized spacial score (nSPS) is 14.9. The number of nitrogens with zero attached hydrogens (tertiary/aromatic N) is 4. The second-order valence-electron chi connectivity index (χ2n) is 7.72. The number of carbonyl (C=O) groups is 1. The van der Waals surface area contributed by atoms with Crippen LogP contribution in [0.15, 0.2) is 42.5 Å². The number of nitrogens with one attached hydrogen (secondary N) is 1. The Morgan fingerprint density at radius 1 is 1.17 bits per heavy atom. The highest BCUT2D eigenvalue weighted by Gasteiger charge is 2.26. The van der Waals surface area contributed by atoms with E-state index in [0.717, 1.165) is 55.5 Å². The minimum atomic E-state index is 0. The van der Waals surface area contributed by atoms with Crippen molar-refractivity contribution in [1.82, 2.24) is 25.2 Å². The summed E-state index contributed by atoms with van der Waals surface area (Å²) in [5.41, 5.74) is 4.63. The highest BCUT2D eigenvalue weighted by atomic mass is 35.5. The molecule has 1 saturated heterocycles. The number of likely N-dealkylation sites (N-methyl/N-ethyl adjacent to an activating group) is 1. The quantitative estimate of drug-likeness (QED) is 0.695. The third-order valence-corrected chi connectivity index (χ3v) is 5.83. The zero-order valence-electron chi connectivity index (χ0n) is 17.0. The number of rotatable bonds is 5. The Balaban J connectivity index is 0.00000240. The van der Waals surface area contributed by atoms with Crippen molar-refractivity contribution < 1.29 is 4.79 Å². The van der Waals surface area contributed by atoms with Gasteiger partial charge < -0.3 is 9.80 Å². The molecule has 0 aliphatic carbocycles. The predicted molar refractivity (Wildman–Crippen MR) is 118 cm³/mol. The highest BCUT2D eigenvalue weighted by molar-refractivity contribution is 5.98. The lowest BCUT2D eigenvalue weighted by molar-refractivity contribution is 0.0647. The summed E-state index contributed by atoms with van der Waals surface area (Å²) in [4.78, 5) is 17.4. The standard InChI is InChI=1S/C22H27N5O.ClH/c1-16-14-18(15-20-21(16)24-25-23-20)22(28)27-12-9-19(10-13-27)26(2)11-8-17-6-4-3-5-7-17;/h3-7,14-15,19H,8-13H2,1-2H3,(H,23,24,25);1H. The molecule has 0 atom stereocenters. The number of aromatic amines is 1. The lowest BCUT2D eigenvalue weighted by atomic mass is 10.0. The molecule has 0 radical (unpaired) electrons. The molecule has 0 unspecified atom stereocenters. The largest absolute Gasteiger partial charge is 0.339 e. The van der Waals surface area contributed by atoms with Gasteiger partial charge in [0, 0.05) is 31.2 Å². The number of benzene rings is 2. The van der Waals surface area contributed by atoms with E-state index in [9.17, 15) is 4.79 Å². The van der Waals surface area contributed by atoms with Gasteiger partial charge in [0.15, 0.2) is 0 Å². The van der Waals surface area contributed by atoms with Crippen molar-refractivity contribution in [3.8, 4) is 0 Å². The molecule has 1 aliphatic heterocycles. The third kappa shape index (κ3) is 4.77. The molecule has 4 rings (SSSR count). The first kappa shape index (κ1) is 21.3. The number of aryl methyl sites for hydroxylation is 1. The van der Waals surface area contributed by atoms with Crippen molar-refractivity contribution in [2.75, 3.05) is 26.7 Å². The predicted octanol–water partition coefficient (Wildman–Crippen LogP) is 3.47. The second-order valence-corrected chi connectivity index (χ2v) is 7.72. The fourth-order valence-corrected chi connectivity index (χ4v) is 4.07. The molecule has 2 aromatic carbocycles. The average molecular weight is 414 g/mol. The van der Waals surface area contributed by atoms with Crippen LogP contribution in [0.4, 0.5) is 0 Å². The number of aromatic nitrogens is 3. The van der Waals surface area contributed by atoms with Gasteiger partial charge in [0.25, 0.3) is 5.91 Å².